The number of urea groups is 4. The molecule has 0 bridgehead atoms. The minimum Gasteiger partial charge on any atom is -0.497 e. The molecule has 4 saturated heterocycles. The zero-order chi connectivity index (χ0) is 106. The van der Waals surface area contributed by atoms with Crippen LogP contribution in [0.25, 0.3) is 0 Å². The largest absolute Gasteiger partial charge is 0.497 e. The van der Waals surface area contributed by atoms with E-state index in [2.05, 4.69) is 129 Å². The second kappa shape index (κ2) is 46.6. The number of amides is 16. The molecule has 4 fully saturated rings. The number of benzene rings is 7. The Balaban J connectivity index is 0.000000164. The lowest BCUT2D eigenvalue weighted by atomic mass is 9.99. The summed E-state index contributed by atoms with van der Waals surface area (Å²) in [4.78, 5) is 170. The molecule has 9 heterocycles. The number of methoxy groups -OCH3 is 4. The molecular weight excluding hydrogens is 1910 g/mol. The molecule has 8 aliphatic rings. The van der Waals surface area contributed by atoms with Crippen molar-refractivity contribution in [3.63, 3.8) is 0 Å². The maximum Gasteiger partial charge on any atom is 0.323 e. The number of amidine groups is 4. The molecule has 8 aromatic rings. The minimum atomic E-state index is -1.61. The Hall–Kier alpha value is -17.7. The molecule has 8 aliphatic heterocycles. The first kappa shape index (κ1) is 107. The molecule has 1 aromatic heterocycles. The number of thiophene rings is 1. The predicted octanol–water partition coefficient (Wildman–Crippen LogP) is 5.40. The van der Waals surface area contributed by atoms with Crippen LogP contribution < -0.4 is 61.5 Å². The van der Waals surface area contributed by atoms with Gasteiger partial charge in [-0.25, -0.2) is 19.2 Å². The normalized spacial score (nSPS) is 18.8. The lowest BCUT2D eigenvalue weighted by Crippen LogP contribution is -2.54. The highest BCUT2D eigenvalue weighted by atomic mass is 32.1. The van der Waals surface area contributed by atoms with Gasteiger partial charge in [-0.1, -0.05) is 113 Å². The number of nitrogens with zero attached hydrogens (tertiary/aromatic N) is 14. The van der Waals surface area contributed by atoms with Crippen LogP contribution >= 0.6 is 11.3 Å². The fourth-order valence-electron chi connectivity index (χ4n) is 17.0. The van der Waals surface area contributed by atoms with Gasteiger partial charge in [-0.15, -0.1) is 11.3 Å². The van der Waals surface area contributed by atoms with Crippen molar-refractivity contribution in [2.75, 3.05) is 150 Å². The summed E-state index contributed by atoms with van der Waals surface area (Å²) in [7, 11) is 19.1. The van der Waals surface area contributed by atoms with Crippen molar-refractivity contribution < 1.29 is 97.3 Å². The van der Waals surface area contributed by atoms with E-state index in [1.54, 1.807) is 171 Å². The summed E-state index contributed by atoms with van der Waals surface area (Å²) in [6.45, 7) is 12.5. The third-order valence-electron chi connectivity index (χ3n) is 25.2. The summed E-state index contributed by atoms with van der Waals surface area (Å²) >= 11 is 1.27. The van der Waals surface area contributed by atoms with Crippen molar-refractivity contribution in [1.29, 1.82) is 0 Å². The number of likely N-dealkylation sites (N-methyl/N-ethyl adjacent to an activating group) is 4. The fraction of sp³-hybridized carbons (Fsp3) is 0.327. The Morgan fingerprint density at radius 1 is 0.354 bits per heavy atom. The zero-order valence-corrected chi connectivity index (χ0v) is 84.1. The van der Waals surface area contributed by atoms with Gasteiger partial charge in [0, 0.05) is 150 Å². The van der Waals surface area contributed by atoms with Crippen LogP contribution in [0, 0.1) is 47.4 Å². The van der Waals surface area contributed by atoms with Gasteiger partial charge in [0.05, 0.1) is 64.4 Å². The predicted molar refractivity (Wildman–Crippen MR) is 541 cm³/mol. The third-order valence-corrected chi connectivity index (χ3v) is 26.1. The molecule has 12 N–H and O–H groups in total. The molecule has 16 rings (SSSR count). The zero-order valence-electron chi connectivity index (χ0n) is 83.3. The smallest absolute Gasteiger partial charge is 0.323 e. The van der Waals surface area contributed by atoms with Gasteiger partial charge in [-0.2, -0.15) is 0 Å². The summed E-state index contributed by atoms with van der Waals surface area (Å²) in [6, 6.07) is 42.8. The second-order valence-electron chi connectivity index (χ2n) is 35.6. The van der Waals surface area contributed by atoms with Crippen molar-refractivity contribution in [3.05, 3.63) is 245 Å². The number of fused-ring (bicyclic) bond motifs is 4. The highest BCUT2D eigenvalue weighted by molar-refractivity contribution is 7.14. The lowest BCUT2D eigenvalue weighted by Gasteiger charge is -2.26. The Labute approximate surface area is 852 Å². The molecule has 42 nitrogen and oxygen atoms in total. The van der Waals surface area contributed by atoms with E-state index in [1.165, 1.54) is 59.4 Å². The molecule has 0 radical (unpaired) electrons. The van der Waals surface area contributed by atoms with Crippen molar-refractivity contribution in [1.82, 2.24) is 91.5 Å². The number of imide groups is 4. The fourth-order valence-corrected chi connectivity index (χ4v) is 18.0. The number of carbonyl (C=O) groups excluding carboxylic acids is 12. The number of carbonyl (C=O) groups is 12. The topological polar surface area (TPSA) is 501 Å². The van der Waals surface area contributed by atoms with Gasteiger partial charge in [0.15, 0.2) is 23.3 Å². The van der Waals surface area contributed by atoms with Crippen molar-refractivity contribution in [2.24, 2.45) is 20.6 Å². The number of oxime groups is 4. The van der Waals surface area contributed by atoms with Crippen LogP contribution in [0.15, 0.2) is 178 Å². The van der Waals surface area contributed by atoms with E-state index in [-0.39, 0.29) is 76.0 Å². The molecule has 147 heavy (non-hydrogen) atoms. The number of nitrogens with one attached hydrogen (secondary N) is 8. The highest BCUT2D eigenvalue weighted by Crippen LogP contribution is 2.35. The molecule has 0 unspecified atom stereocenters. The van der Waals surface area contributed by atoms with Crippen LogP contribution in [0.3, 0.4) is 0 Å². The van der Waals surface area contributed by atoms with Crippen molar-refractivity contribution in [2.45, 2.75) is 75.5 Å². The van der Waals surface area contributed by atoms with E-state index >= 15 is 0 Å². The van der Waals surface area contributed by atoms with Gasteiger partial charge in [-0.05, 0) is 189 Å². The summed E-state index contributed by atoms with van der Waals surface area (Å²) < 4.78 is 20.9. The van der Waals surface area contributed by atoms with E-state index in [0.717, 1.165) is 61.4 Å². The molecule has 764 valence electrons. The number of ether oxygens (including phenoxy) is 4. The number of hydrogen-bond donors (Lipinski definition) is 12. The maximum absolute atomic E-state index is 13.1. The van der Waals surface area contributed by atoms with Crippen LogP contribution in [-0.2, 0) is 45.4 Å². The standard InChI is InChI=1S/C29H34N6O5.C27H30N6O5.C26H27N5O5.C22H21N5O5S/c1-5-34(6-2)16-15-33(3)25(32-39)21-9-7-20(8-10-21)13-14-29(27(37)30-28(38)31-29)19-35-18-22-11-12-23(40-4)17-24(22)26(35)36;1-31(2)13-14-32(3)23(30-37)19-7-5-18(6-8-19)11-12-27(25(35)28-26(36)29-27)17-33-16-20-9-10-21(38-4)15-22(20)24(33)34;1-4-13-30(2)22(29-35)18-7-5-17(6-8-18)11-12-26(24(33)27-25(34)28-26)16-31-15-19-9-10-20(36-3)14-21(19)23(31)32;1-26(2)18(25-31)17-7-6-15(33-17)8-9-22(20(29)23-21(30)24-22)12-27-11-13-4-5-14(32-3)10-16(13)19(27)28/h7-12,17,39H,5-6,15-16,18-19H2,1-4H3,(H2,30,31,37,38);5-10,15,37H,13-14,16-17H2,1-4H3,(H2,28,29,35,36);5-10,14,35H,4,13,15-16H2,1-3H3,(H2,27,28,33,34);4-7,10,31H,11-12H2,1-3H3,(H2,23,24,29,30)/b;;;25-18+/t29-;27-;26-;22-/m1111/s1. The number of hydrogen-bond acceptors (Lipinski definition) is 27. The van der Waals surface area contributed by atoms with E-state index in [9.17, 15) is 78.4 Å². The van der Waals surface area contributed by atoms with E-state index in [4.69, 9.17) is 18.9 Å². The summed E-state index contributed by atoms with van der Waals surface area (Å²) in [5.74, 6) is 23.7. The third kappa shape index (κ3) is 24.3. The minimum absolute atomic E-state index is 0.116. The van der Waals surface area contributed by atoms with Crippen LogP contribution in [0.4, 0.5) is 19.2 Å². The Morgan fingerprint density at radius 2 is 0.633 bits per heavy atom. The average molecular weight is 2020 g/mol. The van der Waals surface area contributed by atoms with Gasteiger partial charge in [0.1, 0.15) is 23.0 Å². The lowest BCUT2D eigenvalue weighted by molar-refractivity contribution is -0.123. The van der Waals surface area contributed by atoms with E-state index in [1.807, 2.05) is 67.8 Å². The highest BCUT2D eigenvalue weighted by Gasteiger charge is 2.53. The van der Waals surface area contributed by atoms with Crippen LogP contribution in [0.1, 0.15) is 134 Å². The van der Waals surface area contributed by atoms with Crippen molar-refractivity contribution in [3.8, 4) is 70.4 Å². The molecular formula is C104H112N22O20S. The molecule has 0 spiro atoms. The second-order valence-corrected chi connectivity index (χ2v) is 36.7. The van der Waals surface area contributed by atoms with Gasteiger partial charge >= 0.3 is 24.1 Å². The average Bonchev–Trinajstić information content (AvgIpc) is 1.63. The first-order chi connectivity index (χ1) is 70.4. The Morgan fingerprint density at radius 3 is 0.878 bits per heavy atom. The molecule has 16 amide bonds. The molecule has 7 aromatic carbocycles. The van der Waals surface area contributed by atoms with E-state index < -0.39 is 69.9 Å². The molecule has 0 aliphatic carbocycles. The molecule has 4 atom stereocenters. The van der Waals surface area contributed by atoms with Gasteiger partial charge in [0.2, 0.25) is 22.2 Å². The summed E-state index contributed by atoms with van der Waals surface area (Å²) in [5.41, 5.74) is 2.61. The maximum atomic E-state index is 13.1. The Kier molecular flexibility index (Phi) is 33.8. The summed E-state index contributed by atoms with van der Waals surface area (Å²) in [5, 5.41) is 70.8. The quantitative estimate of drug-likeness (QED) is 0.00806. The Bertz CT molecular complexity index is 6880. The monoisotopic (exact) mass is 2020 g/mol. The molecule has 43 heteroatoms. The summed E-state index contributed by atoms with van der Waals surface area (Å²) in [6.07, 6.45) is 0.896. The van der Waals surface area contributed by atoms with Gasteiger partial charge in [0.25, 0.3) is 47.3 Å². The first-order valence-electron chi connectivity index (χ1n) is 46.4. The number of rotatable bonds is 26. The van der Waals surface area contributed by atoms with E-state index in [0.29, 0.717) is 125 Å². The van der Waals surface area contributed by atoms with Gasteiger partial charge in [-0.3, -0.25) is 59.6 Å². The SMILES string of the molecule is CCCN(C)C(=NO)c1ccc(C#C[C@]2(CN3Cc4ccc(OC)cc4C3=O)NC(=O)NC2=O)cc1.CCN(CC)CCN(C)C(=NO)c1ccc(C#C[C@]2(CN3Cc4ccc(OC)cc4C3=O)NC(=O)NC2=O)cc1.COc1ccc2c(c1)C(=O)N(C[C@@]1(C#Cc3ccc(/C(=N\O)N(C)C)s3)NC(=O)NC1=O)C2.COc1ccc2c(c1)C(=O)N(C[C@@]1(C#Cc3ccc(C(=NO)N(C)CCN(C)C)cc3)NC(=O)NC1=O)C2. The molecule has 0 saturated carbocycles. The van der Waals surface area contributed by atoms with Crippen molar-refractivity contribution >= 4 is 106 Å². The van der Waals surface area contributed by atoms with Crippen LogP contribution in [0.2, 0.25) is 0 Å². The van der Waals surface area contributed by atoms with Crippen LogP contribution in [-0.4, -0.2) is 336 Å². The van der Waals surface area contributed by atoms with Gasteiger partial charge < -0.3 is 110 Å². The first-order valence-corrected chi connectivity index (χ1v) is 47.3. The van der Waals surface area contributed by atoms with Crippen LogP contribution in [0.5, 0.6) is 23.0 Å².